The van der Waals surface area contributed by atoms with E-state index < -0.39 is 42.0 Å². The largest absolute Gasteiger partial charge is 0.508 e. The number of carbonyl (C=O) groups is 3. The van der Waals surface area contributed by atoms with E-state index in [-0.39, 0.29) is 18.6 Å². The van der Waals surface area contributed by atoms with Crippen molar-refractivity contribution in [1.82, 2.24) is 10.6 Å². The summed E-state index contributed by atoms with van der Waals surface area (Å²) in [6.45, 7) is 1.76. The average Bonchev–Trinajstić information content (AvgIpc) is 2.67. The van der Waals surface area contributed by atoms with Crippen LogP contribution >= 0.6 is 0 Å². The monoisotopic (exact) mass is 410 g/mol. The van der Waals surface area contributed by atoms with Gasteiger partial charge in [0.15, 0.2) is 0 Å². The number of carboxylic acids is 1. The summed E-state index contributed by atoms with van der Waals surface area (Å²) < 4.78 is 0. The normalized spacial score (nSPS) is 15.0. The summed E-state index contributed by atoms with van der Waals surface area (Å²) in [6, 6.07) is 2.52. The zero-order chi connectivity index (χ0) is 22.0. The molecule has 0 saturated heterocycles. The van der Waals surface area contributed by atoms with Gasteiger partial charge in [-0.05, 0) is 50.4 Å². The number of phenols is 1. The highest BCUT2D eigenvalue weighted by Crippen LogP contribution is 2.12. The second kappa shape index (κ2) is 12.0. The number of aliphatic hydroxyl groups is 1. The number of nitrogens with two attached hydrogens (primary N) is 2. The van der Waals surface area contributed by atoms with Gasteiger partial charge in [-0.3, -0.25) is 9.59 Å². The molecule has 10 heteroatoms. The fourth-order valence-corrected chi connectivity index (χ4v) is 2.59. The second-order valence-corrected chi connectivity index (χ2v) is 6.88. The Balaban J connectivity index is 2.94. The Morgan fingerprint density at radius 1 is 1.03 bits per heavy atom. The van der Waals surface area contributed by atoms with E-state index in [1.54, 1.807) is 12.1 Å². The number of phenolic OH excluding ortho intramolecular Hbond substituents is 1. The van der Waals surface area contributed by atoms with E-state index in [4.69, 9.17) is 11.5 Å². The highest BCUT2D eigenvalue weighted by Gasteiger charge is 2.29. The SMILES string of the molecule is C[C@@H](O)[C@@H](N)C(=O)N[C@@H](Cc1ccc(O)cc1)C(=O)N[C@@H](CCCCN)C(=O)O. The number of hydrogen-bond acceptors (Lipinski definition) is 7. The van der Waals surface area contributed by atoms with Gasteiger partial charge < -0.3 is 37.4 Å². The summed E-state index contributed by atoms with van der Waals surface area (Å²) in [5.74, 6) is -2.58. The highest BCUT2D eigenvalue weighted by atomic mass is 16.4. The van der Waals surface area contributed by atoms with Crippen molar-refractivity contribution in [3.63, 3.8) is 0 Å². The number of hydrogen-bond donors (Lipinski definition) is 7. The molecule has 0 heterocycles. The zero-order valence-corrected chi connectivity index (χ0v) is 16.4. The Kier molecular flexibility index (Phi) is 10.1. The van der Waals surface area contributed by atoms with E-state index in [1.807, 2.05) is 0 Å². The lowest BCUT2D eigenvalue weighted by molar-refractivity contribution is -0.142. The van der Waals surface area contributed by atoms with Crippen LogP contribution in [0, 0.1) is 0 Å². The highest BCUT2D eigenvalue weighted by molar-refractivity contribution is 5.92. The van der Waals surface area contributed by atoms with E-state index >= 15 is 0 Å². The molecule has 9 N–H and O–H groups in total. The van der Waals surface area contributed by atoms with Crippen LogP contribution in [0.1, 0.15) is 31.7 Å². The topological polar surface area (TPSA) is 188 Å². The van der Waals surface area contributed by atoms with Crippen molar-refractivity contribution in [2.45, 2.75) is 56.8 Å². The first-order valence-electron chi connectivity index (χ1n) is 9.40. The molecule has 0 bridgehead atoms. The third-order valence-corrected chi connectivity index (χ3v) is 4.39. The number of benzene rings is 1. The number of nitrogens with one attached hydrogen (secondary N) is 2. The van der Waals surface area contributed by atoms with Crippen LogP contribution in [-0.2, 0) is 20.8 Å². The molecular weight excluding hydrogens is 380 g/mol. The summed E-state index contributed by atoms with van der Waals surface area (Å²) in [5.41, 5.74) is 11.7. The van der Waals surface area contributed by atoms with Crippen LogP contribution < -0.4 is 22.1 Å². The summed E-state index contributed by atoms with van der Waals surface area (Å²) >= 11 is 0. The lowest BCUT2D eigenvalue weighted by Gasteiger charge is -2.24. The van der Waals surface area contributed by atoms with Crippen LogP contribution in [0.3, 0.4) is 0 Å². The van der Waals surface area contributed by atoms with Crippen LogP contribution in [0.15, 0.2) is 24.3 Å². The smallest absolute Gasteiger partial charge is 0.326 e. The van der Waals surface area contributed by atoms with Gasteiger partial charge in [-0.1, -0.05) is 12.1 Å². The van der Waals surface area contributed by atoms with Crippen molar-refractivity contribution in [1.29, 1.82) is 0 Å². The van der Waals surface area contributed by atoms with Gasteiger partial charge in [0.1, 0.15) is 23.9 Å². The summed E-state index contributed by atoms with van der Waals surface area (Å²) in [5, 5.41) is 33.1. The van der Waals surface area contributed by atoms with Gasteiger partial charge >= 0.3 is 5.97 Å². The summed E-state index contributed by atoms with van der Waals surface area (Å²) in [7, 11) is 0. The number of carbonyl (C=O) groups excluding carboxylic acids is 2. The Labute approximate surface area is 169 Å². The molecule has 4 atom stereocenters. The van der Waals surface area contributed by atoms with E-state index in [0.29, 0.717) is 24.9 Å². The van der Waals surface area contributed by atoms with Gasteiger partial charge in [0.2, 0.25) is 11.8 Å². The number of aliphatic carboxylic acids is 1. The minimum Gasteiger partial charge on any atom is -0.508 e. The molecule has 0 unspecified atom stereocenters. The van der Waals surface area contributed by atoms with Crippen molar-refractivity contribution in [2.75, 3.05) is 6.54 Å². The molecule has 0 spiro atoms. The van der Waals surface area contributed by atoms with Crippen molar-refractivity contribution >= 4 is 17.8 Å². The van der Waals surface area contributed by atoms with Gasteiger partial charge in [-0.2, -0.15) is 0 Å². The maximum Gasteiger partial charge on any atom is 0.326 e. The maximum absolute atomic E-state index is 12.7. The molecule has 0 aliphatic heterocycles. The van der Waals surface area contributed by atoms with Crippen LogP contribution in [0.25, 0.3) is 0 Å². The third kappa shape index (κ3) is 8.46. The Bertz CT molecular complexity index is 680. The molecular formula is C19H30N4O6. The first-order valence-corrected chi connectivity index (χ1v) is 9.40. The number of rotatable bonds is 12. The molecule has 0 aromatic heterocycles. The average molecular weight is 410 g/mol. The van der Waals surface area contributed by atoms with Crippen LogP contribution in [-0.4, -0.2) is 63.9 Å². The molecule has 0 aliphatic rings. The number of aromatic hydroxyl groups is 1. The first-order chi connectivity index (χ1) is 13.6. The predicted molar refractivity (Wildman–Crippen MR) is 106 cm³/mol. The zero-order valence-electron chi connectivity index (χ0n) is 16.4. The molecule has 1 aromatic carbocycles. The standard InChI is InChI=1S/C19H30N4O6/c1-11(24)16(21)18(27)23-15(10-12-5-7-13(25)8-6-12)17(26)22-14(19(28)29)4-2-3-9-20/h5-8,11,14-16,24-25H,2-4,9-10,20-21H2,1H3,(H,22,26)(H,23,27)(H,28,29)/t11-,14+,15+,16-/m1/s1. The fraction of sp³-hybridized carbons (Fsp3) is 0.526. The minimum absolute atomic E-state index is 0.0412. The molecule has 0 aliphatic carbocycles. The maximum atomic E-state index is 12.7. The third-order valence-electron chi connectivity index (χ3n) is 4.39. The van der Waals surface area contributed by atoms with E-state index in [9.17, 15) is 29.7 Å². The van der Waals surface area contributed by atoms with E-state index in [0.717, 1.165) is 0 Å². The van der Waals surface area contributed by atoms with Gasteiger partial charge in [-0.25, -0.2) is 4.79 Å². The summed E-state index contributed by atoms with van der Waals surface area (Å²) in [6.07, 6.45) is 0.257. The Morgan fingerprint density at radius 2 is 1.62 bits per heavy atom. The minimum atomic E-state index is -1.25. The fourth-order valence-electron chi connectivity index (χ4n) is 2.59. The van der Waals surface area contributed by atoms with Crippen LogP contribution in [0.2, 0.25) is 0 Å². The Hall–Kier alpha value is -2.69. The molecule has 1 aromatic rings. The van der Waals surface area contributed by atoms with Gasteiger partial charge in [0.25, 0.3) is 0 Å². The quantitative estimate of drug-likeness (QED) is 0.210. The molecule has 0 radical (unpaired) electrons. The van der Waals surface area contributed by atoms with Gasteiger partial charge in [0.05, 0.1) is 6.10 Å². The molecule has 2 amide bonds. The molecule has 162 valence electrons. The molecule has 1 rings (SSSR count). The molecule has 0 saturated carbocycles. The summed E-state index contributed by atoms with van der Waals surface area (Å²) in [4.78, 5) is 36.4. The van der Waals surface area contributed by atoms with Crippen molar-refractivity contribution in [2.24, 2.45) is 11.5 Å². The van der Waals surface area contributed by atoms with Crippen molar-refractivity contribution < 1.29 is 29.7 Å². The number of unbranched alkanes of at least 4 members (excludes halogenated alkanes) is 1. The molecule has 0 fully saturated rings. The molecule has 29 heavy (non-hydrogen) atoms. The van der Waals surface area contributed by atoms with Crippen molar-refractivity contribution in [3.8, 4) is 5.75 Å². The lowest BCUT2D eigenvalue weighted by Crippen LogP contribution is -2.56. The van der Waals surface area contributed by atoms with Gasteiger partial charge in [-0.15, -0.1) is 0 Å². The van der Waals surface area contributed by atoms with Crippen LogP contribution in [0.5, 0.6) is 5.75 Å². The first kappa shape index (κ1) is 24.3. The van der Waals surface area contributed by atoms with Crippen molar-refractivity contribution in [3.05, 3.63) is 29.8 Å². The van der Waals surface area contributed by atoms with E-state index in [1.165, 1.54) is 19.1 Å². The van der Waals surface area contributed by atoms with Crippen LogP contribution in [0.4, 0.5) is 0 Å². The second-order valence-electron chi connectivity index (χ2n) is 6.88. The van der Waals surface area contributed by atoms with Gasteiger partial charge in [0, 0.05) is 6.42 Å². The number of carboxylic acid groups (broad SMARTS) is 1. The Morgan fingerprint density at radius 3 is 2.14 bits per heavy atom. The lowest BCUT2D eigenvalue weighted by atomic mass is 10.0. The predicted octanol–water partition coefficient (Wildman–Crippen LogP) is -1.17. The number of aliphatic hydroxyl groups excluding tert-OH is 1. The number of amides is 2. The molecule has 10 nitrogen and oxygen atoms in total. The van der Waals surface area contributed by atoms with E-state index in [2.05, 4.69) is 10.6 Å².